The molecule has 0 radical (unpaired) electrons. The number of halogens is 4. The van der Waals surface area contributed by atoms with Crippen LogP contribution in [0.1, 0.15) is 114 Å². The highest BCUT2D eigenvalue weighted by molar-refractivity contribution is 6.36. The smallest absolute Gasteiger partial charge is 0.287 e. The van der Waals surface area contributed by atoms with E-state index in [2.05, 4.69) is 16.0 Å². The molecule has 4 fully saturated rings. The summed E-state index contributed by atoms with van der Waals surface area (Å²) >= 11 is 0. The maximum atomic E-state index is 14.5. The zero-order valence-corrected chi connectivity index (χ0v) is 44.2. The molecule has 2 aromatic rings. The number of ketones is 4. The van der Waals surface area contributed by atoms with Crippen LogP contribution < -0.4 is 25.4 Å². The van der Waals surface area contributed by atoms with Crippen LogP contribution in [-0.4, -0.2) is 120 Å². The molecule has 0 spiro atoms. The SMILES string of the molecule is CC[C@@H](C)C(=O)N[C@H](C(=O)N1CC[C@H]2C(C(=O)CCC(=O)C(=O)NCC(=O)C3C[C@H](Oc4ccc(F)c(F)c4)[C@@H]4[C@H]3CCN4C(=O)[C@@H](CC(=O)[C@H](C)NC)C(C)(C)C)C[C@H](Oc3ccc(F)c(F)c3)[C@H]21)C(C)(C)C. The van der Waals surface area contributed by atoms with Crippen molar-refractivity contribution in [3.05, 3.63) is 59.7 Å². The van der Waals surface area contributed by atoms with Crippen LogP contribution in [0.15, 0.2) is 36.4 Å². The summed E-state index contributed by atoms with van der Waals surface area (Å²) in [7, 11) is 1.65. The Labute approximate surface area is 431 Å². The lowest BCUT2D eigenvalue weighted by atomic mass is 9.76. The number of Topliss-reactive ketones (excluding diaryl/α,β-unsaturated/α-hetero) is 4. The minimum Gasteiger partial charge on any atom is -0.488 e. The zero-order chi connectivity index (χ0) is 54.7. The fourth-order valence-electron chi connectivity index (χ4n) is 11.3. The van der Waals surface area contributed by atoms with Crippen molar-refractivity contribution in [1.82, 2.24) is 25.8 Å². The molecule has 2 aliphatic heterocycles. The van der Waals surface area contributed by atoms with Crippen LogP contribution in [0.25, 0.3) is 0 Å². The Balaban J connectivity index is 1.13. The molecular formula is C55H73F4N5O10. The Bertz CT molecular complexity index is 2310. The molecule has 2 aliphatic carbocycles. The third-order valence-electron chi connectivity index (χ3n) is 15.9. The van der Waals surface area contributed by atoms with E-state index >= 15 is 0 Å². The van der Waals surface area contributed by atoms with Crippen molar-refractivity contribution in [2.24, 2.45) is 46.3 Å². The molecule has 6 rings (SSSR count). The summed E-state index contributed by atoms with van der Waals surface area (Å²) in [5.74, 6) is -12.1. The van der Waals surface area contributed by atoms with Gasteiger partial charge in [-0.15, -0.1) is 0 Å². The van der Waals surface area contributed by atoms with E-state index in [1.54, 1.807) is 30.7 Å². The minimum absolute atomic E-state index is 0.0191. The molecule has 15 nitrogen and oxygen atoms in total. The number of benzene rings is 2. The number of rotatable bonds is 21. The molecule has 19 heteroatoms. The number of hydrogen-bond acceptors (Lipinski definition) is 11. The summed E-state index contributed by atoms with van der Waals surface area (Å²) in [6, 6.07) is 3.20. The van der Waals surface area contributed by atoms with Gasteiger partial charge >= 0.3 is 0 Å². The maximum Gasteiger partial charge on any atom is 0.287 e. The lowest BCUT2D eigenvalue weighted by molar-refractivity contribution is -0.144. The molecule has 2 saturated heterocycles. The van der Waals surface area contributed by atoms with Crippen LogP contribution in [0, 0.1) is 69.6 Å². The lowest BCUT2D eigenvalue weighted by Gasteiger charge is -2.37. The molecule has 4 amide bonds. The van der Waals surface area contributed by atoms with Gasteiger partial charge in [0.15, 0.2) is 29.1 Å². The molecule has 74 heavy (non-hydrogen) atoms. The Morgan fingerprint density at radius 3 is 1.65 bits per heavy atom. The van der Waals surface area contributed by atoms with Crippen molar-refractivity contribution >= 4 is 46.8 Å². The van der Waals surface area contributed by atoms with Crippen molar-refractivity contribution in [3.63, 3.8) is 0 Å². The number of carbonyl (C=O) groups excluding carboxylic acids is 8. The first-order valence-electron chi connectivity index (χ1n) is 25.9. The molecule has 406 valence electrons. The average Bonchev–Trinajstić information content (AvgIpc) is 4.14. The molecule has 0 aromatic heterocycles. The van der Waals surface area contributed by atoms with Gasteiger partial charge in [0.2, 0.25) is 23.5 Å². The van der Waals surface area contributed by atoms with E-state index < -0.39 is 131 Å². The van der Waals surface area contributed by atoms with Crippen molar-refractivity contribution in [2.75, 3.05) is 26.7 Å². The Hall–Kier alpha value is -5.72. The fourth-order valence-corrected chi connectivity index (χ4v) is 11.3. The fraction of sp³-hybridized carbons (Fsp3) is 0.636. The van der Waals surface area contributed by atoms with Crippen LogP contribution >= 0.6 is 0 Å². The van der Waals surface area contributed by atoms with Gasteiger partial charge in [-0.2, -0.15) is 0 Å². The van der Waals surface area contributed by atoms with E-state index in [9.17, 15) is 55.9 Å². The van der Waals surface area contributed by atoms with Crippen LogP contribution in [0.5, 0.6) is 11.5 Å². The van der Waals surface area contributed by atoms with Gasteiger partial charge in [0.1, 0.15) is 41.3 Å². The van der Waals surface area contributed by atoms with E-state index in [1.165, 1.54) is 12.1 Å². The number of likely N-dealkylation sites (tertiary alicyclic amines) is 2. The second kappa shape index (κ2) is 23.4. The summed E-state index contributed by atoms with van der Waals surface area (Å²) in [4.78, 5) is 113. The summed E-state index contributed by atoms with van der Waals surface area (Å²) < 4.78 is 69.0. The molecular weight excluding hydrogens is 967 g/mol. The van der Waals surface area contributed by atoms with Gasteiger partial charge in [0.05, 0.1) is 24.7 Å². The zero-order valence-electron chi connectivity index (χ0n) is 44.2. The van der Waals surface area contributed by atoms with E-state index in [-0.39, 0.29) is 85.5 Å². The van der Waals surface area contributed by atoms with E-state index in [4.69, 9.17) is 9.47 Å². The number of nitrogens with zero attached hydrogens (tertiary/aromatic N) is 2. The predicted molar refractivity (Wildman–Crippen MR) is 264 cm³/mol. The van der Waals surface area contributed by atoms with Crippen molar-refractivity contribution in [2.45, 2.75) is 150 Å². The first kappa shape index (κ1) is 57.6. The van der Waals surface area contributed by atoms with Gasteiger partial charge < -0.3 is 35.2 Å². The van der Waals surface area contributed by atoms with Crippen molar-refractivity contribution < 1.29 is 65.4 Å². The second-order valence-corrected chi connectivity index (χ2v) is 22.9. The standard InChI is InChI=1S/C55H73F4N5O10/c1-11-28(2)50(69)62-49(55(7,8)9)53(72)64-21-19-32-34(24-45(48(32)64)73-30-12-14-37(56)39(58)22-30)41(65)16-17-42(66)51(70)61-27-44(68)35-25-46(74-31-13-15-38(57)40(59)23-31)47-33(35)18-20-63(47)52(71)36(54(4,5)6)26-43(67)29(3)60-10/h12-15,22-23,28-29,32-36,45-49,60H,11,16-21,24-27H2,1-10H3,(H,61,70)(H,62,69)/t28-,29+,32+,33+,34?,35?,36-,45+,46+,47+,48+,49-/m1/s1. The number of carbonyl (C=O) groups is 8. The minimum atomic E-state index is -1.15. The molecule has 2 heterocycles. The van der Waals surface area contributed by atoms with Gasteiger partial charge in [0.25, 0.3) is 5.91 Å². The maximum absolute atomic E-state index is 14.5. The van der Waals surface area contributed by atoms with Gasteiger partial charge in [-0.1, -0.05) is 55.4 Å². The topological polar surface area (TPSA) is 198 Å². The highest BCUT2D eigenvalue weighted by Crippen LogP contribution is 2.48. The second-order valence-electron chi connectivity index (χ2n) is 22.9. The number of nitrogens with one attached hydrogen (secondary N) is 3. The van der Waals surface area contributed by atoms with Gasteiger partial charge in [0, 0.05) is 68.2 Å². The van der Waals surface area contributed by atoms with E-state index in [1.807, 2.05) is 48.5 Å². The van der Waals surface area contributed by atoms with Gasteiger partial charge in [-0.3, -0.25) is 38.4 Å². The highest BCUT2D eigenvalue weighted by Gasteiger charge is 2.57. The first-order valence-corrected chi connectivity index (χ1v) is 25.9. The van der Waals surface area contributed by atoms with Crippen LogP contribution in [0.2, 0.25) is 0 Å². The van der Waals surface area contributed by atoms with Gasteiger partial charge in [-0.05, 0) is 93.0 Å². The summed E-state index contributed by atoms with van der Waals surface area (Å²) in [6.07, 6.45) is -1.24. The third kappa shape index (κ3) is 12.8. The number of likely N-dealkylation sites (N-methyl/N-ethyl adjacent to an activating group) is 1. The number of fused-ring (bicyclic) bond motifs is 2. The van der Waals surface area contributed by atoms with E-state index in [0.717, 1.165) is 24.3 Å². The quantitative estimate of drug-likeness (QED) is 0.0935. The predicted octanol–water partition coefficient (Wildman–Crippen LogP) is 6.32. The third-order valence-corrected chi connectivity index (χ3v) is 15.9. The largest absolute Gasteiger partial charge is 0.488 e. The summed E-state index contributed by atoms with van der Waals surface area (Å²) in [5.41, 5.74) is -1.37. The van der Waals surface area contributed by atoms with Crippen LogP contribution in [0.3, 0.4) is 0 Å². The van der Waals surface area contributed by atoms with Crippen molar-refractivity contribution in [1.29, 1.82) is 0 Å². The molecule has 2 saturated carbocycles. The van der Waals surface area contributed by atoms with E-state index in [0.29, 0.717) is 19.3 Å². The Morgan fingerprint density at radius 1 is 0.689 bits per heavy atom. The first-order chi connectivity index (χ1) is 34.7. The molecule has 4 aliphatic rings. The Kier molecular flexibility index (Phi) is 18.2. The van der Waals surface area contributed by atoms with Gasteiger partial charge in [-0.25, -0.2) is 17.6 Å². The van der Waals surface area contributed by atoms with Crippen molar-refractivity contribution in [3.8, 4) is 11.5 Å². The normalized spacial score (nSPS) is 25.1. The molecule has 2 unspecified atom stereocenters. The van der Waals surface area contributed by atoms with Crippen LogP contribution in [0.4, 0.5) is 17.6 Å². The summed E-state index contributed by atoms with van der Waals surface area (Å²) in [5, 5.41) is 8.25. The number of hydrogen-bond donors (Lipinski definition) is 3. The summed E-state index contributed by atoms with van der Waals surface area (Å²) in [6.45, 7) is 16.3. The highest BCUT2D eigenvalue weighted by atomic mass is 19.2. The average molecular weight is 1040 g/mol. The molecule has 2 aromatic carbocycles. The molecule has 3 N–H and O–H groups in total. The Morgan fingerprint density at radius 2 is 1.19 bits per heavy atom. The molecule has 12 atom stereocenters. The lowest BCUT2D eigenvalue weighted by Crippen LogP contribution is -2.58. The number of amides is 4. The number of ether oxygens (including phenoxy) is 2. The monoisotopic (exact) mass is 1040 g/mol. The molecule has 0 bridgehead atoms. The van der Waals surface area contributed by atoms with Crippen LogP contribution in [-0.2, 0) is 38.4 Å².